The Morgan fingerprint density at radius 2 is 1.94 bits per heavy atom. The number of aliphatic imine (C=N–C) groups is 1. The van der Waals surface area contributed by atoms with Gasteiger partial charge in [-0.1, -0.05) is 6.92 Å². The van der Waals surface area contributed by atoms with Crippen molar-refractivity contribution in [3.05, 3.63) is 11.8 Å². The van der Waals surface area contributed by atoms with Gasteiger partial charge in [-0.3, -0.25) is 0 Å². The second-order valence-corrected chi connectivity index (χ2v) is 4.96. The van der Waals surface area contributed by atoms with Crippen LogP contribution in [0.2, 0.25) is 0 Å². The molecule has 0 aromatic carbocycles. The standard InChI is InChI=1S/C12H24BN2O2/c1-7-9(8-14)10(15-6)13-17-12(4,5)11(2,3)16/h8,16H,7,14H2,1-6H3. The molecule has 4 nitrogen and oxygen atoms in total. The summed E-state index contributed by atoms with van der Waals surface area (Å²) in [7, 11) is 3.24. The van der Waals surface area contributed by atoms with Crippen LogP contribution < -0.4 is 5.73 Å². The molecule has 0 aliphatic carbocycles. The molecular weight excluding hydrogens is 215 g/mol. The Morgan fingerprint density at radius 1 is 1.41 bits per heavy atom. The molecule has 0 aliphatic heterocycles. The highest BCUT2D eigenvalue weighted by molar-refractivity contribution is 6.74. The molecule has 0 saturated carbocycles. The van der Waals surface area contributed by atoms with E-state index in [9.17, 15) is 5.11 Å². The molecule has 0 atom stereocenters. The minimum absolute atomic E-state index is 0.698. The SMILES string of the molecule is CCC(=CN)C([B]OC(C)(C)C(C)(C)O)=NC. The zero-order valence-electron chi connectivity index (χ0n) is 11.7. The molecule has 0 spiro atoms. The largest absolute Gasteiger partial charge is 0.425 e. The minimum atomic E-state index is -0.943. The van der Waals surface area contributed by atoms with Crippen LogP contribution >= 0.6 is 0 Å². The number of allylic oxidation sites excluding steroid dienone is 1. The van der Waals surface area contributed by atoms with Crippen LogP contribution in [0.3, 0.4) is 0 Å². The van der Waals surface area contributed by atoms with Crippen molar-refractivity contribution in [3.8, 4) is 0 Å². The Kier molecular flexibility index (Phi) is 5.92. The first-order valence-electron chi connectivity index (χ1n) is 5.81. The van der Waals surface area contributed by atoms with Crippen LogP contribution in [-0.4, -0.2) is 36.4 Å². The molecular formula is C12H24BN2O2. The molecule has 0 bridgehead atoms. The van der Waals surface area contributed by atoms with Crippen LogP contribution in [0.15, 0.2) is 16.8 Å². The summed E-state index contributed by atoms with van der Waals surface area (Å²) in [4.78, 5) is 4.12. The van der Waals surface area contributed by atoms with Crippen LogP contribution in [0.1, 0.15) is 41.0 Å². The zero-order valence-corrected chi connectivity index (χ0v) is 11.7. The van der Waals surface area contributed by atoms with Gasteiger partial charge in [0.2, 0.25) is 0 Å². The lowest BCUT2D eigenvalue weighted by Gasteiger charge is -2.37. The van der Waals surface area contributed by atoms with Gasteiger partial charge in [0, 0.05) is 12.7 Å². The van der Waals surface area contributed by atoms with E-state index in [1.54, 1.807) is 28.4 Å². The number of nitrogens with two attached hydrogens (primary N) is 1. The zero-order chi connectivity index (χ0) is 13.7. The van der Waals surface area contributed by atoms with Crippen molar-refractivity contribution < 1.29 is 9.76 Å². The summed E-state index contributed by atoms with van der Waals surface area (Å²) in [5, 5.41) is 9.96. The molecule has 0 amide bonds. The Balaban J connectivity index is 4.67. The molecule has 0 fully saturated rings. The van der Waals surface area contributed by atoms with Crippen molar-refractivity contribution in [2.75, 3.05) is 7.05 Å². The van der Waals surface area contributed by atoms with E-state index in [-0.39, 0.29) is 0 Å². The van der Waals surface area contributed by atoms with Gasteiger partial charge in [-0.25, -0.2) is 0 Å². The summed E-state index contributed by atoms with van der Waals surface area (Å²) in [5.74, 6) is 0. The number of hydrogen-bond acceptors (Lipinski definition) is 4. The second kappa shape index (κ2) is 6.22. The second-order valence-electron chi connectivity index (χ2n) is 4.96. The van der Waals surface area contributed by atoms with Gasteiger partial charge in [-0.15, -0.1) is 0 Å². The van der Waals surface area contributed by atoms with Crippen LogP contribution in [0, 0.1) is 0 Å². The van der Waals surface area contributed by atoms with Gasteiger partial charge in [0.1, 0.15) is 0 Å². The molecule has 0 aromatic rings. The molecule has 0 aliphatic rings. The van der Waals surface area contributed by atoms with Crippen molar-refractivity contribution in [2.24, 2.45) is 10.7 Å². The average Bonchev–Trinajstić information content (AvgIpc) is 2.22. The quantitative estimate of drug-likeness (QED) is 0.544. The minimum Gasteiger partial charge on any atom is -0.425 e. The average molecular weight is 239 g/mol. The summed E-state index contributed by atoms with van der Waals surface area (Å²) in [6.45, 7) is 9.08. The molecule has 97 valence electrons. The predicted molar refractivity (Wildman–Crippen MR) is 73.1 cm³/mol. The first-order chi connectivity index (χ1) is 7.69. The Labute approximate surface area is 105 Å². The van der Waals surface area contributed by atoms with Gasteiger partial charge >= 0.3 is 7.48 Å². The number of aliphatic hydroxyl groups is 1. The fourth-order valence-electron chi connectivity index (χ4n) is 1.00. The predicted octanol–water partition coefficient (Wildman–Crippen LogP) is 1.45. The smallest absolute Gasteiger partial charge is 0.351 e. The fourth-order valence-corrected chi connectivity index (χ4v) is 1.00. The van der Waals surface area contributed by atoms with Crippen molar-refractivity contribution in [1.29, 1.82) is 0 Å². The molecule has 0 rings (SSSR count). The third-order valence-electron chi connectivity index (χ3n) is 3.09. The molecule has 17 heavy (non-hydrogen) atoms. The van der Waals surface area contributed by atoms with E-state index in [0.29, 0.717) is 5.61 Å². The van der Waals surface area contributed by atoms with Gasteiger partial charge < -0.3 is 20.5 Å². The van der Waals surface area contributed by atoms with Crippen molar-refractivity contribution >= 4 is 13.1 Å². The highest BCUT2D eigenvalue weighted by Crippen LogP contribution is 2.24. The van der Waals surface area contributed by atoms with Crippen molar-refractivity contribution in [3.63, 3.8) is 0 Å². The normalized spacial score (nSPS) is 15.0. The lowest BCUT2D eigenvalue weighted by atomic mass is 9.81. The van der Waals surface area contributed by atoms with E-state index in [1.165, 1.54) is 6.20 Å². The Morgan fingerprint density at radius 3 is 2.24 bits per heavy atom. The maximum absolute atomic E-state index is 9.96. The molecule has 5 heteroatoms. The lowest BCUT2D eigenvalue weighted by molar-refractivity contribution is -0.0890. The molecule has 0 aromatic heterocycles. The van der Waals surface area contributed by atoms with E-state index < -0.39 is 11.2 Å². The van der Waals surface area contributed by atoms with Crippen molar-refractivity contribution in [1.82, 2.24) is 0 Å². The molecule has 1 radical (unpaired) electrons. The number of rotatable bonds is 6. The van der Waals surface area contributed by atoms with Crippen molar-refractivity contribution in [2.45, 2.75) is 52.2 Å². The van der Waals surface area contributed by atoms with Crippen LogP contribution in [0.25, 0.3) is 0 Å². The molecule has 0 heterocycles. The number of nitrogens with zero attached hydrogens (tertiary/aromatic N) is 1. The summed E-state index contributed by atoms with van der Waals surface area (Å²) in [5.41, 5.74) is 5.49. The molecule has 0 unspecified atom stereocenters. The first-order valence-corrected chi connectivity index (χ1v) is 5.81. The van der Waals surface area contributed by atoms with Gasteiger partial charge in [0.05, 0.1) is 11.2 Å². The molecule has 0 saturated heterocycles. The maximum atomic E-state index is 9.96. The third-order valence-corrected chi connectivity index (χ3v) is 3.09. The third kappa shape index (κ3) is 4.52. The highest BCUT2D eigenvalue weighted by Gasteiger charge is 2.36. The monoisotopic (exact) mass is 239 g/mol. The van der Waals surface area contributed by atoms with Crippen LogP contribution in [-0.2, 0) is 4.65 Å². The number of hydrogen-bond donors (Lipinski definition) is 2. The topological polar surface area (TPSA) is 67.8 Å². The lowest BCUT2D eigenvalue weighted by Crippen LogP contribution is -2.49. The van der Waals surface area contributed by atoms with Crippen LogP contribution in [0.4, 0.5) is 0 Å². The summed E-state index contributed by atoms with van der Waals surface area (Å²) in [6.07, 6.45) is 2.31. The van der Waals surface area contributed by atoms with E-state index in [4.69, 9.17) is 10.4 Å². The molecule has 3 N–H and O–H groups in total. The van der Waals surface area contributed by atoms with Gasteiger partial charge in [-0.2, -0.15) is 0 Å². The maximum Gasteiger partial charge on any atom is 0.351 e. The summed E-state index contributed by atoms with van der Waals surface area (Å²) in [6, 6.07) is 0. The first kappa shape index (κ1) is 16.2. The van der Waals surface area contributed by atoms with E-state index in [0.717, 1.165) is 12.0 Å². The van der Waals surface area contributed by atoms with Gasteiger partial charge in [0.25, 0.3) is 0 Å². The van der Waals surface area contributed by atoms with E-state index >= 15 is 0 Å². The summed E-state index contributed by atoms with van der Waals surface area (Å²) < 4.78 is 5.63. The summed E-state index contributed by atoms with van der Waals surface area (Å²) >= 11 is 0. The van der Waals surface area contributed by atoms with Gasteiger partial charge in [0.15, 0.2) is 0 Å². The van der Waals surface area contributed by atoms with Crippen LogP contribution in [0.5, 0.6) is 0 Å². The Bertz CT molecular complexity index is 304. The van der Waals surface area contributed by atoms with Gasteiger partial charge in [-0.05, 0) is 45.9 Å². The van der Waals surface area contributed by atoms with E-state index in [1.807, 2.05) is 20.8 Å². The fraction of sp³-hybridized carbons (Fsp3) is 0.750. The van der Waals surface area contributed by atoms with E-state index in [2.05, 4.69) is 4.99 Å². The Hall–Kier alpha value is -0.805. The highest BCUT2D eigenvalue weighted by atomic mass is 16.5.